The van der Waals surface area contributed by atoms with Crippen molar-refractivity contribution in [2.75, 3.05) is 19.7 Å². The Balaban J connectivity index is 1.94. The lowest BCUT2D eigenvalue weighted by atomic mass is 9.98. The summed E-state index contributed by atoms with van der Waals surface area (Å²) in [6.07, 6.45) is 1.96. The highest BCUT2D eigenvalue weighted by Crippen LogP contribution is 2.22. The Kier molecular flexibility index (Phi) is 5.23. The van der Waals surface area contributed by atoms with Gasteiger partial charge in [-0.15, -0.1) is 0 Å². The highest BCUT2D eigenvalue weighted by Gasteiger charge is 2.26. The van der Waals surface area contributed by atoms with E-state index in [-0.39, 0.29) is 11.9 Å². The lowest BCUT2D eigenvalue weighted by molar-refractivity contribution is -0.150. The van der Waals surface area contributed by atoms with Gasteiger partial charge in [-0.25, -0.2) is 0 Å². The molecule has 0 spiro atoms. The summed E-state index contributed by atoms with van der Waals surface area (Å²) in [5, 5.41) is 0.792. The number of esters is 1. The molecule has 1 aliphatic rings. The molecule has 0 aromatic heterocycles. The van der Waals surface area contributed by atoms with Crippen LogP contribution in [0.2, 0.25) is 5.02 Å². The third-order valence-corrected chi connectivity index (χ3v) is 3.85. The van der Waals surface area contributed by atoms with Crippen molar-refractivity contribution in [2.24, 2.45) is 5.92 Å². The van der Waals surface area contributed by atoms with Gasteiger partial charge in [0.15, 0.2) is 0 Å². The van der Waals surface area contributed by atoms with Gasteiger partial charge < -0.3 is 4.74 Å². The Hall–Kier alpha value is -1.06. The van der Waals surface area contributed by atoms with Gasteiger partial charge in [0.2, 0.25) is 0 Å². The van der Waals surface area contributed by atoms with Gasteiger partial charge in [-0.05, 0) is 37.9 Å². The Morgan fingerprint density at radius 2 is 2.26 bits per heavy atom. The largest absolute Gasteiger partial charge is 0.466 e. The minimum Gasteiger partial charge on any atom is -0.466 e. The van der Waals surface area contributed by atoms with E-state index in [1.807, 2.05) is 31.2 Å². The number of piperidine rings is 1. The molecule has 0 radical (unpaired) electrons. The maximum atomic E-state index is 11.8. The van der Waals surface area contributed by atoms with E-state index in [4.69, 9.17) is 16.3 Å². The van der Waals surface area contributed by atoms with Crippen molar-refractivity contribution in [1.29, 1.82) is 0 Å². The number of carbonyl (C=O) groups excluding carboxylic acids is 1. The Labute approximate surface area is 119 Å². The predicted molar refractivity (Wildman–Crippen MR) is 76.1 cm³/mol. The molecule has 19 heavy (non-hydrogen) atoms. The predicted octanol–water partition coefficient (Wildman–Crippen LogP) is 3.12. The number of ether oxygens (including phenoxy) is 1. The van der Waals surface area contributed by atoms with Crippen LogP contribution in [0.3, 0.4) is 0 Å². The molecule has 0 aliphatic carbocycles. The average Bonchev–Trinajstić information content (AvgIpc) is 2.42. The number of benzene rings is 1. The Morgan fingerprint density at radius 1 is 1.47 bits per heavy atom. The normalized spacial score (nSPS) is 20.2. The van der Waals surface area contributed by atoms with Crippen LogP contribution in [0.5, 0.6) is 0 Å². The van der Waals surface area contributed by atoms with E-state index in [1.165, 1.54) is 0 Å². The molecule has 0 amide bonds. The van der Waals surface area contributed by atoms with Crippen LogP contribution in [0.1, 0.15) is 25.3 Å². The first kappa shape index (κ1) is 14.4. The van der Waals surface area contributed by atoms with Gasteiger partial charge in [0.05, 0.1) is 12.5 Å². The summed E-state index contributed by atoms with van der Waals surface area (Å²) in [5.41, 5.74) is 1.12. The minimum atomic E-state index is -0.0636. The SMILES string of the molecule is CCOC(=O)[C@@H]1CCCN(Cc2ccccc2Cl)C1. The van der Waals surface area contributed by atoms with Crippen LogP contribution in [-0.4, -0.2) is 30.6 Å². The number of carbonyl (C=O) groups is 1. The standard InChI is InChI=1S/C15H20ClNO2/c1-2-19-15(18)13-7-5-9-17(11-13)10-12-6-3-4-8-14(12)16/h3-4,6,8,13H,2,5,7,9-11H2,1H3/t13-/m1/s1. The molecule has 0 bridgehead atoms. The second-order valence-corrected chi connectivity index (χ2v) is 5.32. The van der Waals surface area contributed by atoms with Gasteiger partial charge in [-0.1, -0.05) is 29.8 Å². The third kappa shape index (κ3) is 3.95. The molecule has 1 aromatic rings. The van der Waals surface area contributed by atoms with Crippen LogP contribution in [0.15, 0.2) is 24.3 Å². The van der Waals surface area contributed by atoms with E-state index in [1.54, 1.807) is 0 Å². The first-order chi connectivity index (χ1) is 9.20. The van der Waals surface area contributed by atoms with E-state index in [0.29, 0.717) is 6.61 Å². The van der Waals surface area contributed by atoms with Crippen LogP contribution >= 0.6 is 11.6 Å². The molecule has 1 aliphatic heterocycles. The Bertz CT molecular complexity index is 436. The maximum Gasteiger partial charge on any atom is 0.310 e. The van der Waals surface area contributed by atoms with Gasteiger partial charge in [0.25, 0.3) is 0 Å². The van der Waals surface area contributed by atoms with Crippen molar-refractivity contribution in [3.63, 3.8) is 0 Å². The number of hydrogen-bond donors (Lipinski definition) is 0. The van der Waals surface area contributed by atoms with Crippen LogP contribution in [0.25, 0.3) is 0 Å². The zero-order valence-electron chi connectivity index (χ0n) is 11.3. The topological polar surface area (TPSA) is 29.5 Å². The number of likely N-dealkylation sites (tertiary alicyclic amines) is 1. The molecule has 1 heterocycles. The molecular formula is C15H20ClNO2. The molecule has 1 aromatic carbocycles. The van der Waals surface area contributed by atoms with Gasteiger partial charge in [0.1, 0.15) is 0 Å². The van der Waals surface area contributed by atoms with Gasteiger partial charge in [-0.3, -0.25) is 9.69 Å². The van der Waals surface area contributed by atoms with Crippen molar-refractivity contribution in [1.82, 2.24) is 4.90 Å². The molecule has 104 valence electrons. The van der Waals surface area contributed by atoms with Gasteiger partial charge in [0, 0.05) is 18.1 Å². The monoisotopic (exact) mass is 281 g/mol. The fraction of sp³-hybridized carbons (Fsp3) is 0.533. The molecule has 0 saturated carbocycles. The van der Waals surface area contributed by atoms with E-state index >= 15 is 0 Å². The fourth-order valence-corrected chi connectivity index (χ4v) is 2.71. The summed E-state index contributed by atoms with van der Waals surface area (Å²) in [7, 11) is 0. The molecule has 2 rings (SSSR count). The molecule has 1 fully saturated rings. The third-order valence-electron chi connectivity index (χ3n) is 3.48. The van der Waals surface area contributed by atoms with E-state index in [0.717, 1.165) is 43.1 Å². The van der Waals surface area contributed by atoms with E-state index in [2.05, 4.69) is 4.90 Å². The lowest BCUT2D eigenvalue weighted by Gasteiger charge is -2.31. The second-order valence-electron chi connectivity index (χ2n) is 4.92. The summed E-state index contributed by atoms with van der Waals surface area (Å²) in [5.74, 6) is -0.0532. The molecule has 1 saturated heterocycles. The molecule has 4 heteroatoms. The molecule has 3 nitrogen and oxygen atoms in total. The summed E-state index contributed by atoms with van der Waals surface area (Å²) in [6.45, 7) is 4.89. The van der Waals surface area contributed by atoms with Crippen LogP contribution < -0.4 is 0 Å². The van der Waals surface area contributed by atoms with Crippen LogP contribution in [0, 0.1) is 5.92 Å². The summed E-state index contributed by atoms with van der Waals surface area (Å²) in [6, 6.07) is 7.87. The number of hydrogen-bond acceptors (Lipinski definition) is 3. The minimum absolute atomic E-state index is 0.0104. The van der Waals surface area contributed by atoms with E-state index in [9.17, 15) is 4.79 Å². The molecule has 0 unspecified atom stereocenters. The second kappa shape index (κ2) is 6.92. The first-order valence-electron chi connectivity index (χ1n) is 6.83. The summed E-state index contributed by atoms with van der Waals surface area (Å²) in [4.78, 5) is 14.1. The quantitative estimate of drug-likeness (QED) is 0.794. The van der Waals surface area contributed by atoms with Gasteiger partial charge >= 0.3 is 5.97 Å². The van der Waals surface area contributed by atoms with Crippen molar-refractivity contribution < 1.29 is 9.53 Å². The number of halogens is 1. The molecular weight excluding hydrogens is 262 g/mol. The Morgan fingerprint density at radius 3 is 3.00 bits per heavy atom. The van der Waals surface area contributed by atoms with Crippen molar-refractivity contribution in [3.8, 4) is 0 Å². The van der Waals surface area contributed by atoms with E-state index < -0.39 is 0 Å². The maximum absolute atomic E-state index is 11.8. The van der Waals surface area contributed by atoms with Crippen LogP contribution in [0.4, 0.5) is 0 Å². The fourth-order valence-electron chi connectivity index (χ4n) is 2.52. The van der Waals surface area contributed by atoms with Crippen molar-refractivity contribution in [3.05, 3.63) is 34.9 Å². The summed E-state index contributed by atoms with van der Waals surface area (Å²) >= 11 is 6.17. The van der Waals surface area contributed by atoms with Gasteiger partial charge in [-0.2, -0.15) is 0 Å². The first-order valence-corrected chi connectivity index (χ1v) is 7.21. The average molecular weight is 282 g/mol. The molecule has 0 N–H and O–H groups in total. The zero-order chi connectivity index (χ0) is 13.7. The zero-order valence-corrected chi connectivity index (χ0v) is 12.0. The molecule has 1 atom stereocenters. The highest BCUT2D eigenvalue weighted by atomic mass is 35.5. The van der Waals surface area contributed by atoms with Crippen molar-refractivity contribution in [2.45, 2.75) is 26.3 Å². The lowest BCUT2D eigenvalue weighted by Crippen LogP contribution is -2.38. The van der Waals surface area contributed by atoms with Crippen LogP contribution in [-0.2, 0) is 16.1 Å². The number of rotatable bonds is 4. The van der Waals surface area contributed by atoms with Crippen molar-refractivity contribution >= 4 is 17.6 Å². The number of nitrogens with zero attached hydrogens (tertiary/aromatic N) is 1. The smallest absolute Gasteiger partial charge is 0.310 e. The summed E-state index contributed by atoms with van der Waals surface area (Å²) < 4.78 is 5.11. The highest BCUT2D eigenvalue weighted by molar-refractivity contribution is 6.31.